The van der Waals surface area contributed by atoms with Crippen LogP contribution in [-0.4, -0.2) is 43.5 Å². The van der Waals surface area contributed by atoms with Crippen molar-refractivity contribution in [2.24, 2.45) is 0 Å². The number of rotatable bonds is 4. The normalized spacial score (nSPS) is 14.2. The predicted molar refractivity (Wildman–Crippen MR) is 95.0 cm³/mol. The van der Waals surface area contributed by atoms with Crippen molar-refractivity contribution in [2.45, 2.75) is 19.4 Å². The number of nitrogens with zero attached hydrogens (tertiary/aromatic N) is 5. The molecule has 1 aliphatic heterocycles. The van der Waals surface area contributed by atoms with Crippen molar-refractivity contribution in [3.05, 3.63) is 65.1 Å². The number of hydrogen-bond acceptors (Lipinski definition) is 3. The highest BCUT2D eigenvalue weighted by molar-refractivity contribution is 6.30. The highest BCUT2D eigenvalue weighted by Gasteiger charge is 2.27. The number of amides is 1. The fourth-order valence-electron chi connectivity index (χ4n) is 3.12. The third kappa shape index (κ3) is 3.17. The summed E-state index contributed by atoms with van der Waals surface area (Å²) in [5, 5.41) is 9.15. The average Bonchev–Trinajstić information content (AvgIpc) is 3.37. The van der Waals surface area contributed by atoms with Crippen molar-refractivity contribution < 1.29 is 4.79 Å². The Kier molecular flexibility index (Phi) is 4.28. The summed E-state index contributed by atoms with van der Waals surface area (Å²) in [4.78, 5) is 14.7. The van der Waals surface area contributed by atoms with Crippen molar-refractivity contribution in [1.82, 2.24) is 24.5 Å². The van der Waals surface area contributed by atoms with Crippen LogP contribution in [0.25, 0.3) is 5.82 Å². The van der Waals surface area contributed by atoms with Crippen LogP contribution in [0.1, 0.15) is 28.9 Å². The van der Waals surface area contributed by atoms with Crippen LogP contribution in [-0.2, 0) is 6.54 Å². The minimum absolute atomic E-state index is 0.0523. The Morgan fingerprint density at radius 1 is 1.08 bits per heavy atom. The Balaban J connectivity index is 1.71. The minimum Gasteiger partial charge on any atom is -0.337 e. The molecule has 1 fully saturated rings. The lowest BCUT2D eigenvalue weighted by atomic mass is 10.2. The first-order valence-corrected chi connectivity index (χ1v) is 8.71. The van der Waals surface area contributed by atoms with E-state index in [1.165, 1.54) is 0 Å². The summed E-state index contributed by atoms with van der Waals surface area (Å²) < 4.78 is 3.64. The molecular weight excluding hydrogens is 338 g/mol. The van der Waals surface area contributed by atoms with Crippen LogP contribution in [0, 0.1) is 0 Å². The molecule has 3 heterocycles. The van der Waals surface area contributed by atoms with Gasteiger partial charge in [-0.25, -0.2) is 4.68 Å². The molecule has 6 nitrogen and oxygen atoms in total. The van der Waals surface area contributed by atoms with E-state index in [1.54, 1.807) is 4.68 Å². The van der Waals surface area contributed by atoms with Gasteiger partial charge in [0.05, 0.1) is 6.54 Å². The largest absolute Gasteiger partial charge is 0.337 e. The summed E-state index contributed by atoms with van der Waals surface area (Å²) in [5.41, 5.74) is 1.44. The molecular formula is C18H18ClN5O. The molecule has 0 aliphatic carbocycles. The van der Waals surface area contributed by atoms with Crippen LogP contribution in [0.2, 0.25) is 5.02 Å². The number of carbonyl (C=O) groups is 1. The lowest BCUT2D eigenvalue weighted by Crippen LogP contribution is -2.29. The maximum atomic E-state index is 12.9. The van der Waals surface area contributed by atoms with Crippen molar-refractivity contribution in [3.8, 4) is 5.82 Å². The number of benzene rings is 1. The van der Waals surface area contributed by atoms with Crippen LogP contribution < -0.4 is 0 Å². The highest BCUT2D eigenvalue weighted by atomic mass is 35.5. The Labute approximate surface area is 150 Å². The number of likely N-dealkylation sites (tertiary alicyclic amines) is 1. The van der Waals surface area contributed by atoms with E-state index in [0.29, 0.717) is 23.1 Å². The van der Waals surface area contributed by atoms with Crippen molar-refractivity contribution in [1.29, 1.82) is 0 Å². The van der Waals surface area contributed by atoms with Gasteiger partial charge in [0, 0.05) is 30.5 Å². The van der Waals surface area contributed by atoms with Gasteiger partial charge in [0.15, 0.2) is 11.5 Å². The summed E-state index contributed by atoms with van der Waals surface area (Å²) in [6, 6.07) is 11.4. The van der Waals surface area contributed by atoms with E-state index in [4.69, 9.17) is 11.6 Å². The maximum absolute atomic E-state index is 12.9. The molecule has 0 unspecified atom stereocenters. The lowest BCUT2D eigenvalue weighted by Gasteiger charge is -2.15. The zero-order chi connectivity index (χ0) is 17.2. The first-order valence-electron chi connectivity index (χ1n) is 8.33. The topological polar surface area (TPSA) is 56.0 Å². The Morgan fingerprint density at radius 3 is 2.44 bits per heavy atom. The molecule has 0 N–H and O–H groups in total. The molecule has 128 valence electrons. The molecule has 0 saturated carbocycles. The SMILES string of the molecule is O=C(c1nnn(Cc2ccc(Cl)cc2)c1-n1cccc1)N1CCCC1. The third-order valence-electron chi connectivity index (χ3n) is 4.40. The predicted octanol–water partition coefficient (Wildman–Crippen LogP) is 3.01. The molecule has 1 amide bonds. The second kappa shape index (κ2) is 6.72. The molecule has 0 radical (unpaired) electrons. The molecule has 0 bridgehead atoms. The fraction of sp³-hybridized carbons (Fsp3) is 0.278. The van der Waals surface area contributed by atoms with Gasteiger partial charge in [0.1, 0.15) is 0 Å². The monoisotopic (exact) mass is 355 g/mol. The summed E-state index contributed by atoms with van der Waals surface area (Å²) in [5.74, 6) is 0.639. The lowest BCUT2D eigenvalue weighted by molar-refractivity contribution is 0.0787. The maximum Gasteiger partial charge on any atom is 0.278 e. The second-order valence-electron chi connectivity index (χ2n) is 6.14. The molecule has 2 aromatic heterocycles. The first kappa shape index (κ1) is 15.9. The van der Waals surface area contributed by atoms with Gasteiger partial charge in [0.2, 0.25) is 0 Å². The number of aromatic nitrogens is 4. The minimum atomic E-state index is -0.0523. The van der Waals surface area contributed by atoms with Crippen LogP contribution in [0.4, 0.5) is 0 Å². The number of halogens is 1. The quantitative estimate of drug-likeness (QED) is 0.723. The van der Waals surface area contributed by atoms with Crippen LogP contribution in [0.3, 0.4) is 0 Å². The molecule has 0 spiro atoms. The Hall–Kier alpha value is -2.60. The van der Waals surface area contributed by atoms with Gasteiger partial charge in [-0.05, 0) is 42.7 Å². The summed E-state index contributed by atoms with van der Waals surface area (Å²) in [7, 11) is 0. The molecule has 3 aromatic rings. The van der Waals surface area contributed by atoms with Crippen molar-refractivity contribution in [3.63, 3.8) is 0 Å². The van der Waals surface area contributed by atoms with E-state index in [1.807, 2.05) is 58.3 Å². The Morgan fingerprint density at radius 2 is 1.76 bits per heavy atom. The Bertz CT molecular complexity index is 864. The molecule has 1 aromatic carbocycles. The number of carbonyl (C=O) groups excluding carboxylic acids is 1. The van der Waals surface area contributed by atoms with Gasteiger partial charge in [0.25, 0.3) is 5.91 Å². The van der Waals surface area contributed by atoms with Gasteiger partial charge < -0.3 is 9.47 Å². The highest BCUT2D eigenvalue weighted by Crippen LogP contribution is 2.19. The molecule has 1 aliphatic rings. The van der Waals surface area contributed by atoms with Crippen molar-refractivity contribution in [2.75, 3.05) is 13.1 Å². The van der Waals surface area contributed by atoms with E-state index in [9.17, 15) is 4.79 Å². The summed E-state index contributed by atoms with van der Waals surface area (Å²) in [6.07, 6.45) is 5.89. The van der Waals surface area contributed by atoms with Crippen molar-refractivity contribution >= 4 is 17.5 Å². The van der Waals surface area contributed by atoms with Gasteiger partial charge in [-0.2, -0.15) is 0 Å². The smallest absolute Gasteiger partial charge is 0.278 e. The summed E-state index contributed by atoms with van der Waals surface area (Å²) in [6.45, 7) is 2.09. The van der Waals surface area contributed by atoms with Gasteiger partial charge in [-0.3, -0.25) is 4.79 Å². The van der Waals surface area contributed by atoms with E-state index in [0.717, 1.165) is 31.5 Å². The van der Waals surface area contributed by atoms with Crippen LogP contribution >= 0.6 is 11.6 Å². The van der Waals surface area contributed by atoms with E-state index >= 15 is 0 Å². The first-order chi connectivity index (χ1) is 12.2. The van der Waals surface area contributed by atoms with E-state index in [-0.39, 0.29) is 5.91 Å². The molecule has 25 heavy (non-hydrogen) atoms. The molecule has 1 saturated heterocycles. The van der Waals surface area contributed by atoms with E-state index in [2.05, 4.69) is 10.3 Å². The zero-order valence-electron chi connectivity index (χ0n) is 13.7. The second-order valence-corrected chi connectivity index (χ2v) is 6.57. The van der Waals surface area contributed by atoms with Crippen LogP contribution in [0.5, 0.6) is 0 Å². The standard InChI is InChI=1S/C18H18ClN5O/c19-15-7-5-14(6-8-15)13-24-17(22-9-1-2-10-22)16(20-21-24)18(25)23-11-3-4-12-23/h1-2,5-10H,3-4,11-13H2. The van der Waals surface area contributed by atoms with Gasteiger partial charge >= 0.3 is 0 Å². The third-order valence-corrected chi connectivity index (χ3v) is 4.65. The van der Waals surface area contributed by atoms with Gasteiger partial charge in [-0.1, -0.05) is 28.9 Å². The number of hydrogen-bond donors (Lipinski definition) is 0. The molecule has 0 atom stereocenters. The van der Waals surface area contributed by atoms with Crippen LogP contribution in [0.15, 0.2) is 48.8 Å². The molecule has 4 rings (SSSR count). The average molecular weight is 356 g/mol. The van der Waals surface area contributed by atoms with Gasteiger partial charge in [-0.15, -0.1) is 5.10 Å². The zero-order valence-corrected chi connectivity index (χ0v) is 14.4. The van der Waals surface area contributed by atoms with E-state index < -0.39 is 0 Å². The molecule has 7 heteroatoms. The fourth-order valence-corrected chi connectivity index (χ4v) is 3.24. The summed E-state index contributed by atoms with van der Waals surface area (Å²) >= 11 is 5.96.